The summed E-state index contributed by atoms with van der Waals surface area (Å²) >= 11 is 0. The van der Waals surface area contributed by atoms with Gasteiger partial charge in [-0.2, -0.15) is 5.10 Å². The van der Waals surface area contributed by atoms with Crippen LogP contribution in [0, 0.1) is 5.92 Å². The van der Waals surface area contributed by atoms with E-state index in [-0.39, 0.29) is 17.7 Å². The molecular weight excluding hydrogens is 280 g/mol. The van der Waals surface area contributed by atoms with Gasteiger partial charge in [-0.3, -0.25) is 14.3 Å². The van der Waals surface area contributed by atoms with Crippen molar-refractivity contribution in [3.8, 4) is 0 Å². The normalized spacial score (nSPS) is 18.6. The molecule has 122 valence electrons. The van der Waals surface area contributed by atoms with Gasteiger partial charge in [-0.25, -0.2) is 0 Å². The molecule has 6 heteroatoms. The molecule has 6 nitrogen and oxygen atoms in total. The minimum atomic E-state index is -0.0407. The summed E-state index contributed by atoms with van der Waals surface area (Å²) in [5.74, 6) is 0.295. The number of likely N-dealkylation sites (tertiary alicyclic amines) is 1. The van der Waals surface area contributed by atoms with E-state index in [1.54, 1.807) is 9.58 Å². The molecular formula is C16H26N4O2. The van der Waals surface area contributed by atoms with Crippen molar-refractivity contribution in [3.05, 3.63) is 18.0 Å². The van der Waals surface area contributed by atoms with E-state index in [2.05, 4.69) is 5.10 Å². The Morgan fingerprint density at radius 3 is 2.91 bits per heavy atom. The van der Waals surface area contributed by atoms with Gasteiger partial charge in [0.25, 0.3) is 0 Å². The Bertz CT molecular complexity index is 526. The third-order valence-corrected chi connectivity index (χ3v) is 4.32. The topological polar surface area (TPSA) is 58.4 Å². The Hall–Kier alpha value is -1.85. The van der Waals surface area contributed by atoms with Crippen LogP contribution in [-0.2, 0) is 23.1 Å². The van der Waals surface area contributed by atoms with Crippen molar-refractivity contribution in [2.24, 2.45) is 13.0 Å². The standard InChI is InChI=1S/C16H26N4O2/c1-4-20-12-14(7-8-15(20)21)16(22)18(2)9-5-6-13-10-17-19(3)11-13/h10-11,14H,4-9,12H2,1-3H3/t14-/m1/s1. The second-order valence-electron chi connectivity index (χ2n) is 6.05. The van der Waals surface area contributed by atoms with Crippen molar-refractivity contribution in [1.82, 2.24) is 19.6 Å². The second kappa shape index (κ2) is 7.42. The van der Waals surface area contributed by atoms with Gasteiger partial charge < -0.3 is 9.80 Å². The van der Waals surface area contributed by atoms with E-state index in [4.69, 9.17) is 0 Å². The summed E-state index contributed by atoms with van der Waals surface area (Å²) in [4.78, 5) is 27.8. The summed E-state index contributed by atoms with van der Waals surface area (Å²) in [7, 11) is 3.77. The van der Waals surface area contributed by atoms with Crippen LogP contribution in [0.15, 0.2) is 12.4 Å². The molecule has 0 saturated carbocycles. The van der Waals surface area contributed by atoms with Crippen LogP contribution in [0.1, 0.15) is 31.7 Å². The van der Waals surface area contributed by atoms with Crippen LogP contribution >= 0.6 is 0 Å². The molecule has 1 aliphatic rings. The molecule has 2 amide bonds. The molecule has 22 heavy (non-hydrogen) atoms. The molecule has 0 unspecified atom stereocenters. The molecule has 0 radical (unpaired) electrons. The Balaban J connectivity index is 1.78. The van der Waals surface area contributed by atoms with Gasteiger partial charge in [-0.05, 0) is 31.7 Å². The highest BCUT2D eigenvalue weighted by Gasteiger charge is 2.30. The lowest BCUT2D eigenvalue weighted by molar-refractivity contribution is -0.142. The fraction of sp³-hybridized carbons (Fsp3) is 0.688. The fourth-order valence-corrected chi connectivity index (χ4v) is 2.97. The maximum Gasteiger partial charge on any atom is 0.227 e. The van der Waals surface area contributed by atoms with Crippen molar-refractivity contribution < 1.29 is 9.59 Å². The molecule has 1 aromatic heterocycles. The highest BCUT2D eigenvalue weighted by molar-refractivity contribution is 5.83. The van der Waals surface area contributed by atoms with Crippen LogP contribution < -0.4 is 0 Å². The summed E-state index contributed by atoms with van der Waals surface area (Å²) in [6.07, 6.45) is 6.91. The quantitative estimate of drug-likeness (QED) is 0.790. The fourth-order valence-electron chi connectivity index (χ4n) is 2.97. The predicted molar refractivity (Wildman–Crippen MR) is 84.1 cm³/mol. The Labute approximate surface area is 132 Å². The van der Waals surface area contributed by atoms with Gasteiger partial charge in [0.05, 0.1) is 12.1 Å². The smallest absolute Gasteiger partial charge is 0.227 e. The van der Waals surface area contributed by atoms with E-state index in [0.717, 1.165) is 19.4 Å². The maximum absolute atomic E-state index is 12.5. The molecule has 1 aliphatic heterocycles. The SMILES string of the molecule is CCN1C[C@H](C(=O)N(C)CCCc2cnn(C)c2)CCC1=O. The Morgan fingerprint density at radius 1 is 1.50 bits per heavy atom. The largest absolute Gasteiger partial charge is 0.345 e. The number of hydrogen-bond acceptors (Lipinski definition) is 3. The number of aryl methyl sites for hydroxylation is 2. The van der Waals surface area contributed by atoms with Crippen LogP contribution in [0.25, 0.3) is 0 Å². The molecule has 0 spiro atoms. The highest BCUT2D eigenvalue weighted by Crippen LogP contribution is 2.19. The first-order valence-electron chi connectivity index (χ1n) is 8.01. The van der Waals surface area contributed by atoms with Crippen LogP contribution in [0.4, 0.5) is 0 Å². The number of hydrogen-bond donors (Lipinski definition) is 0. The first-order chi connectivity index (χ1) is 10.5. The van der Waals surface area contributed by atoms with Crippen molar-refractivity contribution in [1.29, 1.82) is 0 Å². The van der Waals surface area contributed by atoms with Gasteiger partial charge in [-0.15, -0.1) is 0 Å². The van der Waals surface area contributed by atoms with Crippen LogP contribution in [0.3, 0.4) is 0 Å². The van der Waals surface area contributed by atoms with Gasteiger partial charge in [0, 0.05) is 46.3 Å². The zero-order valence-electron chi connectivity index (χ0n) is 13.8. The minimum Gasteiger partial charge on any atom is -0.345 e. The molecule has 0 aromatic carbocycles. The number of rotatable bonds is 6. The predicted octanol–water partition coefficient (Wildman–Crippen LogP) is 1.07. The monoisotopic (exact) mass is 306 g/mol. The zero-order valence-corrected chi connectivity index (χ0v) is 13.8. The highest BCUT2D eigenvalue weighted by atomic mass is 16.2. The molecule has 1 fully saturated rings. The molecule has 1 aromatic rings. The molecule has 1 atom stereocenters. The van der Waals surface area contributed by atoms with Crippen LogP contribution in [0.2, 0.25) is 0 Å². The molecule has 1 saturated heterocycles. The summed E-state index contributed by atoms with van der Waals surface area (Å²) in [6.45, 7) is 3.96. The van der Waals surface area contributed by atoms with E-state index >= 15 is 0 Å². The first-order valence-corrected chi connectivity index (χ1v) is 8.01. The van der Waals surface area contributed by atoms with E-state index in [1.807, 2.05) is 38.3 Å². The second-order valence-corrected chi connectivity index (χ2v) is 6.05. The van der Waals surface area contributed by atoms with Crippen molar-refractivity contribution in [2.45, 2.75) is 32.6 Å². The number of amides is 2. The van der Waals surface area contributed by atoms with Crippen molar-refractivity contribution in [2.75, 3.05) is 26.7 Å². The van der Waals surface area contributed by atoms with E-state index < -0.39 is 0 Å². The molecule has 2 rings (SSSR count). The maximum atomic E-state index is 12.5. The number of carbonyl (C=O) groups is 2. The minimum absolute atomic E-state index is 0.0407. The molecule has 0 N–H and O–H groups in total. The van der Waals surface area contributed by atoms with Gasteiger partial charge >= 0.3 is 0 Å². The number of piperidine rings is 1. The van der Waals surface area contributed by atoms with Gasteiger partial charge in [0.1, 0.15) is 0 Å². The molecule has 2 heterocycles. The number of nitrogens with zero attached hydrogens (tertiary/aromatic N) is 4. The van der Waals surface area contributed by atoms with Gasteiger partial charge in [0.2, 0.25) is 11.8 Å². The third-order valence-electron chi connectivity index (χ3n) is 4.32. The van der Waals surface area contributed by atoms with Gasteiger partial charge in [0.15, 0.2) is 0 Å². The lowest BCUT2D eigenvalue weighted by atomic mass is 9.96. The molecule has 0 aliphatic carbocycles. The van der Waals surface area contributed by atoms with Crippen LogP contribution in [-0.4, -0.2) is 58.1 Å². The number of carbonyl (C=O) groups excluding carboxylic acids is 2. The zero-order chi connectivity index (χ0) is 16.1. The van der Waals surface area contributed by atoms with E-state index in [9.17, 15) is 9.59 Å². The van der Waals surface area contributed by atoms with E-state index in [1.165, 1.54) is 5.56 Å². The summed E-state index contributed by atoms with van der Waals surface area (Å²) in [5.41, 5.74) is 1.20. The van der Waals surface area contributed by atoms with Gasteiger partial charge in [-0.1, -0.05) is 0 Å². The third kappa shape index (κ3) is 4.08. The summed E-state index contributed by atoms with van der Waals surface area (Å²) in [6, 6.07) is 0. The lowest BCUT2D eigenvalue weighted by Crippen LogP contribution is -2.46. The van der Waals surface area contributed by atoms with Crippen molar-refractivity contribution in [3.63, 3.8) is 0 Å². The van der Waals surface area contributed by atoms with Crippen LogP contribution in [0.5, 0.6) is 0 Å². The first kappa shape index (κ1) is 16.5. The summed E-state index contributed by atoms with van der Waals surface area (Å²) < 4.78 is 1.79. The average molecular weight is 306 g/mol. The average Bonchev–Trinajstić information content (AvgIpc) is 2.92. The lowest BCUT2D eigenvalue weighted by Gasteiger charge is -2.33. The van der Waals surface area contributed by atoms with E-state index in [0.29, 0.717) is 25.9 Å². The van der Waals surface area contributed by atoms with Crippen molar-refractivity contribution >= 4 is 11.8 Å². The Kier molecular flexibility index (Phi) is 5.57. The summed E-state index contributed by atoms with van der Waals surface area (Å²) in [5, 5.41) is 4.15. The number of aromatic nitrogens is 2. The molecule has 0 bridgehead atoms. The Morgan fingerprint density at radius 2 is 2.27 bits per heavy atom.